The summed E-state index contributed by atoms with van der Waals surface area (Å²) in [6, 6.07) is 9.58. The van der Waals surface area contributed by atoms with E-state index in [1.807, 2.05) is 38.1 Å². The number of hydrogen-bond acceptors (Lipinski definition) is 3. The zero-order chi connectivity index (χ0) is 14.3. The number of hydrogen-bond donors (Lipinski definition) is 0. The molecule has 0 aliphatic rings. The molecule has 0 N–H and O–H groups in total. The quantitative estimate of drug-likeness (QED) is 0.788. The van der Waals surface area contributed by atoms with Crippen molar-refractivity contribution in [2.24, 2.45) is 5.92 Å². The van der Waals surface area contributed by atoms with E-state index in [9.17, 15) is 10.1 Å². The van der Waals surface area contributed by atoms with Crippen molar-refractivity contribution in [3.05, 3.63) is 29.8 Å². The van der Waals surface area contributed by atoms with Gasteiger partial charge in [-0.2, -0.15) is 5.26 Å². The van der Waals surface area contributed by atoms with Gasteiger partial charge in [0, 0.05) is 13.1 Å². The predicted octanol–water partition coefficient (Wildman–Crippen LogP) is 2.25. The van der Waals surface area contributed by atoms with Crippen LogP contribution < -0.4 is 4.74 Å². The fraction of sp³-hybridized carbons (Fsp3) is 0.467. The normalized spacial score (nSPS) is 11.5. The Morgan fingerprint density at radius 3 is 2.63 bits per heavy atom. The topological polar surface area (TPSA) is 53.3 Å². The molecule has 0 bridgehead atoms. The molecule has 0 saturated carbocycles. The smallest absolute Gasteiger partial charge is 0.240 e. The molecule has 1 atom stereocenters. The Balaban J connectivity index is 2.82. The first-order valence-corrected chi connectivity index (χ1v) is 6.47. The van der Waals surface area contributed by atoms with Crippen LogP contribution in [0.1, 0.15) is 19.4 Å². The van der Waals surface area contributed by atoms with Crippen LogP contribution in [0.4, 0.5) is 0 Å². The Morgan fingerprint density at radius 2 is 2.11 bits per heavy atom. The van der Waals surface area contributed by atoms with Gasteiger partial charge in [-0.3, -0.25) is 4.79 Å². The first-order chi connectivity index (χ1) is 9.15. The van der Waals surface area contributed by atoms with Gasteiger partial charge in [0.25, 0.3) is 0 Å². The zero-order valence-corrected chi connectivity index (χ0v) is 11.7. The maximum absolute atomic E-state index is 12.2. The van der Waals surface area contributed by atoms with Crippen LogP contribution in [0.2, 0.25) is 0 Å². The summed E-state index contributed by atoms with van der Waals surface area (Å²) >= 11 is 0. The SMILES string of the molecule is CCN(CC)C(=O)C(C#N)Cc1cccc(OC)c1. The van der Waals surface area contributed by atoms with E-state index in [1.54, 1.807) is 12.0 Å². The second kappa shape index (κ2) is 7.42. The molecule has 0 aromatic heterocycles. The third-order valence-electron chi connectivity index (χ3n) is 3.10. The van der Waals surface area contributed by atoms with Gasteiger partial charge in [-0.25, -0.2) is 0 Å². The summed E-state index contributed by atoms with van der Waals surface area (Å²) in [4.78, 5) is 13.9. The van der Waals surface area contributed by atoms with Crippen LogP contribution in [0.25, 0.3) is 0 Å². The van der Waals surface area contributed by atoms with Gasteiger partial charge in [0.1, 0.15) is 11.7 Å². The second-order valence-corrected chi connectivity index (χ2v) is 4.25. The molecule has 4 nitrogen and oxygen atoms in total. The van der Waals surface area contributed by atoms with Crippen LogP contribution in [-0.2, 0) is 11.2 Å². The highest BCUT2D eigenvalue weighted by Gasteiger charge is 2.22. The summed E-state index contributed by atoms with van der Waals surface area (Å²) in [5.74, 6) is 0.00630. The van der Waals surface area contributed by atoms with Crippen LogP contribution in [0.15, 0.2) is 24.3 Å². The first kappa shape index (κ1) is 15.0. The molecule has 0 aliphatic carbocycles. The standard InChI is InChI=1S/C15H20N2O2/c1-4-17(5-2)15(18)13(11-16)9-12-7-6-8-14(10-12)19-3/h6-8,10,13H,4-5,9H2,1-3H3. The van der Waals surface area contributed by atoms with Crippen LogP contribution in [0, 0.1) is 17.2 Å². The minimum absolute atomic E-state index is 0.102. The lowest BCUT2D eigenvalue weighted by molar-refractivity contribution is -0.133. The molecule has 1 aromatic carbocycles. The number of nitriles is 1. The van der Waals surface area contributed by atoms with Gasteiger partial charge in [-0.1, -0.05) is 12.1 Å². The van der Waals surface area contributed by atoms with Crippen molar-refractivity contribution in [2.75, 3.05) is 20.2 Å². The third-order valence-corrected chi connectivity index (χ3v) is 3.10. The highest BCUT2D eigenvalue weighted by atomic mass is 16.5. The van der Waals surface area contributed by atoms with Gasteiger partial charge in [0.05, 0.1) is 13.2 Å². The molecule has 0 fully saturated rings. The van der Waals surface area contributed by atoms with Gasteiger partial charge in [-0.15, -0.1) is 0 Å². The number of benzene rings is 1. The Morgan fingerprint density at radius 1 is 1.42 bits per heavy atom. The summed E-state index contributed by atoms with van der Waals surface area (Å²) in [5.41, 5.74) is 0.936. The Kier molecular flexibility index (Phi) is 5.87. The third kappa shape index (κ3) is 3.99. The fourth-order valence-electron chi connectivity index (χ4n) is 1.98. The number of rotatable bonds is 6. The van der Waals surface area contributed by atoms with Crippen molar-refractivity contribution in [3.63, 3.8) is 0 Å². The lowest BCUT2D eigenvalue weighted by Gasteiger charge is -2.21. The summed E-state index contributed by atoms with van der Waals surface area (Å²) in [7, 11) is 1.60. The van der Waals surface area contributed by atoms with Crippen molar-refractivity contribution in [3.8, 4) is 11.8 Å². The second-order valence-electron chi connectivity index (χ2n) is 4.25. The maximum Gasteiger partial charge on any atom is 0.240 e. The Bertz CT molecular complexity index is 461. The van der Waals surface area contributed by atoms with Crippen molar-refractivity contribution in [1.29, 1.82) is 5.26 Å². The van der Waals surface area contributed by atoms with Crippen molar-refractivity contribution in [2.45, 2.75) is 20.3 Å². The van der Waals surface area contributed by atoms with E-state index in [1.165, 1.54) is 0 Å². The molecule has 0 saturated heterocycles. The predicted molar refractivity (Wildman–Crippen MR) is 73.7 cm³/mol. The minimum Gasteiger partial charge on any atom is -0.497 e. The van der Waals surface area contributed by atoms with E-state index >= 15 is 0 Å². The van der Waals surface area contributed by atoms with Crippen molar-refractivity contribution >= 4 is 5.91 Å². The Hall–Kier alpha value is -2.02. The van der Waals surface area contributed by atoms with E-state index in [4.69, 9.17) is 4.74 Å². The highest BCUT2D eigenvalue weighted by Crippen LogP contribution is 2.17. The average Bonchev–Trinajstić information content (AvgIpc) is 2.46. The van der Waals surface area contributed by atoms with E-state index in [2.05, 4.69) is 6.07 Å². The molecular weight excluding hydrogens is 240 g/mol. The Labute approximate surface area is 114 Å². The summed E-state index contributed by atoms with van der Waals surface area (Å²) < 4.78 is 5.14. The van der Waals surface area contributed by atoms with E-state index in [0.717, 1.165) is 11.3 Å². The number of ether oxygens (including phenoxy) is 1. The molecule has 1 unspecified atom stereocenters. The molecule has 19 heavy (non-hydrogen) atoms. The molecule has 0 spiro atoms. The van der Waals surface area contributed by atoms with Gasteiger partial charge in [0.15, 0.2) is 0 Å². The minimum atomic E-state index is -0.632. The average molecular weight is 260 g/mol. The van der Waals surface area contributed by atoms with Gasteiger partial charge in [0.2, 0.25) is 5.91 Å². The van der Waals surface area contributed by atoms with Crippen LogP contribution in [-0.4, -0.2) is 31.0 Å². The lowest BCUT2D eigenvalue weighted by atomic mass is 9.99. The number of nitrogens with zero attached hydrogens (tertiary/aromatic N) is 2. The van der Waals surface area contributed by atoms with E-state index in [-0.39, 0.29) is 5.91 Å². The zero-order valence-electron chi connectivity index (χ0n) is 11.7. The maximum atomic E-state index is 12.2. The summed E-state index contributed by atoms with van der Waals surface area (Å²) in [5, 5.41) is 9.20. The number of carbonyl (C=O) groups is 1. The molecule has 0 heterocycles. The number of amides is 1. The highest BCUT2D eigenvalue weighted by molar-refractivity contribution is 5.81. The van der Waals surface area contributed by atoms with E-state index in [0.29, 0.717) is 19.5 Å². The van der Waals surface area contributed by atoms with Crippen LogP contribution in [0.3, 0.4) is 0 Å². The molecule has 4 heteroatoms. The first-order valence-electron chi connectivity index (χ1n) is 6.47. The molecule has 0 radical (unpaired) electrons. The molecular formula is C15H20N2O2. The lowest BCUT2D eigenvalue weighted by Crippen LogP contribution is -2.36. The van der Waals surface area contributed by atoms with E-state index < -0.39 is 5.92 Å². The monoisotopic (exact) mass is 260 g/mol. The number of carbonyl (C=O) groups excluding carboxylic acids is 1. The molecule has 1 amide bonds. The summed E-state index contributed by atoms with van der Waals surface area (Å²) in [6.45, 7) is 5.10. The molecule has 1 aromatic rings. The van der Waals surface area contributed by atoms with Gasteiger partial charge in [-0.05, 0) is 38.0 Å². The molecule has 1 rings (SSSR count). The largest absolute Gasteiger partial charge is 0.497 e. The summed E-state index contributed by atoms with van der Waals surface area (Å²) in [6.07, 6.45) is 0.420. The molecule has 0 aliphatic heterocycles. The van der Waals surface area contributed by atoms with Crippen LogP contribution >= 0.6 is 0 Å². The fourth-order valence-corrected chi connectivity index (χ4v) is 1.98. The molecule has 102 valence electrons. The van der Waals surface area contributed by atoms with Gasteiger partial charge >= 0.3 is 0 Å². The van der Waals surface area contributed by atoms with Gasteiger partial charge < -0.3 is 9.64 Å². The van der Waals surface area contributed by atoms with Crippen molar-refractivity contribution in [1.82, 2.24) is 4.90 Å². The van der Waals surface area contributed by atoms with Crippen molar-refractivity contribution < 1.29 is 9.53 Å². The van der Waals surface area contributed by atoms with Crippen LogP contribution in [0.5, 0.6) is 5.75 Å². The number of methoxy groups -OCH3 is 1.